The molecular formula is C33H39N5O5. The molecular weight excluding hydrogens is 546 g/mol. The number of anilines is 3. The van der Waals surface area contributed by atoms with Crippen LogP contribution in [-0.4, -0.2) is 60.5 Å². The van der Waals surface area contributed by atoms with Crippen LogP contribution in [0.4, 0.5) is 17.1 Å². The van der Waals surface area contributed by atoms with Gasteiger partial charge in [0.1, 0.15) is 16.8 Å². The van der Waals surface area contributed by atoms with E-state index in [1.807, 2.05) is 53.4 Å². The minimum absolute atomic E-state index is 0.0747. The summed E-state index contributed by atoms with van der Waals surface area (Å²) in [6, 6.07) is 22.1. The van der Waals surface area contributed by atoms with Gasteiger partial charge >= 0.3 is 11.7 Å². The van der Waals surface area contributed by atoms with Crippen molar-refractivity contribution < 1.29 is 24.6 Å². The van der Waals surface area contributed by atoms with Crippen molar-refractivity contribution in [2.75, 3.05) is 12.0 Å². The van der Waals surface area contributed by atoms with Crippen LogP contribution in [0.5, 0.6) is 5.75 Å². The minimum Gasteiger partial charge on any atom is -0.714 e. The molecule has 0 N–H and O–H groups in total. The summed E-state index contributed by atoms with van der Waals surface area (Å²) < 4.78 is 6.96. The maximum atomic E-state index is 13.2. The van der Waals surface area contributed by atoms with Gasteiger partial charge in [-0.15, -0.1) is 0 Å². The first kappa shape index (κ1) is 30.2. The molecule has 2 aliphatic heterocycles. The lowest BCUT2D eigenvalue weighted by molar-refractivity contribution is -0.539. The molecule has 10 heteroatoms. The quantitative estimate of drug-likeness (QED) is 0.255. The van der Waals surface area contributed by atoms with Gasteiger partial charge in [0.25, 0.3) is 0 Å². The molecule has 0 saturated heterocycles. The van der Waals surface area contributed by atoms with Gasteiger partial charge in [-0.3, -0.25) is 9.48 Å². The van der Waals surface area contributed by atoms with Gasteiger partial charge in [-0.05, 0) is 128 Å². The number of benzene rings is 3. The lowest BCUT2D eigenvalue weighted by Gasteiger charge is -2.32. The number of nitrogens with zero attached hydrogens (tertiary/aromatic N) is 5. The summed E-state index contributed by atoms with van der Waals surface area (Å²) in [4.78, 5) is 2.00. The van der Waals surface area contributed by atoms with Gasteiger partial charge in [0.05, 0.1) is 18.2 Å². The molecule has 3 aromatic carbocycles. The monoisotopic (exact) mass is 585 g/mol. The third-order valence-corrected chi connectivity index (χ3v) is 9.89. The van der Waals surface area contributed by atoms with Gasteiger partial charge in [-0.2, -0.15) is 0 Å². The Morgan fingerprint density at radius 2 is 0.884 bits per heavy atom. The largest absolute Gasteiger partial charge is 0.714 e. The lowest BCUT2D eigenvalue weighted by atomic mass is 9.84. The van der Waals surface area contributed by atoms with Crippen LogP contribution in [0.25, 0.3) is 0 Å². The van der Waals surface area contributed by atoms with Gasteiger partial charge in [0.15, 0.2) is 11.1 Å². The van der Waals surface area contributed by atoms with Crippen molar-refractivity contribution in [3.05, 3.63) is 94.3 Å². The highest BCUT2D eigenvalue weighted by Crippen LogP contribution is 2.41. The van der Waals surface area contributed by atoms with Gasteiger partial charge in [-0.1, -0.05) is 10.1 Å². The summed E-state index contributed by atoms with van der Waals surface area (Å²) in [5, 5.41) is 54.4. The van der Waals surface area contributed by atoms with Crippen molar-refractivity contribution in [3.8, 4) is 5.75 Å². The van der Waals surface area contributed by atoms with Crippen LogP contribution >= 0.6 is 0 Å². The number of rotatable bonds is 6. The summed E-state index contributed by atoms with van der Waals surface area (Å²) in [5.41, 5.74) is -0.235. The third-order valence-electron chi connectivity index (χ3n) is 9.89. The van der Waals surface area contributed by atoms with Crippen molar-refractivity contribution >= 4 is 28.7 Å². The normalized spacial score (nSPS) is 20.2. The van der Waals surface area contributed by atoms with E-state index in [9.17, 15) is 20.8 Å². The Morgan fingerprint density at radius 3 is 1.14 bits per heavy atom. The van der Waals surface area contributed by atoms with E-state index in [0.717, 1.165) is 36.7 Å². The average molecular weight is 586 g/mol. The third kappa shape index (κ3) is 4.31. The molecule has 0 spiro atoms. The fourth-order valence-electron chi connectivity index (χ4n) is 5.38. The van der Waals surface area contributed by atoms with Crippen molar-refractivity contribution in [2.24, 2.45) is 0 Å². The number of ether oxygens (including phenoxy) is 1. The molecule has 0 aliphatic carbocycles. The summed E-state index contributed by atoms with van der Waals surface area (Å²) in [5.74, 6) is 0.855. The van der Waals surface area contributed by atoms with Crippen LogP contribution in [-0.2, 0) is 10.4 Å². The molecule has 2 heterocycles. The standard InChI is InChI=1S/C33H39N5O5/c1-30(2)31(3,4)36(40)28(35(30)39)22-10-14-24(15-11-22)34(26-18-20-27(43-9)21-19-26)25-16-12-23(13-17-25)29-37(41)32(5,6)33(7,8)38(29)42/h10-21H,1-9H3. The second kappa shape index (κ2) is 9.89. The highest BCUT2D eigenvalue weighted by molar-refractivity contribution is 5.97. The fraction of sp³-hybridized carbons (Fsp3) is 0.394. The van der Waals surface area contributed by atoms with E-state index in [1.54, 1.807) is 86.8 Å². The zero-order chi connectivity index (χ0) is 31.7. The van der Waals surface area contributed by atoms with E-state index in [2.05, 4.69) is 0 Å². The number of methoxy groups -OCH3 is 1. The van der Waals surface area contributed by atoms with Crippen LogP contribution in [0.1, 0.15) is 66.5 Å². The number of hydrogen-bond donors (Lipinski definition) is 0. The van der Waals surface area contributed by atoms with Gasteiger partial charge < -0.3 is 20.1 Å². The first-order chi connectivity index (χ1) is 20.0. The molecule has 0 amide bonds. The molecule has 2 radical (unpaired) electrons. The van der Waals surface area contributed by atoms with Crippen LogP contribution in [0, 0.1) is 10.4 Å². The van der Waals surface area contributed by atoms with E-state index < -0.39 is 22.2 Å². The molecule has 10 nitrogen and oxygen atoms in total. The van der Waals surface area contributed by atoms with Crippen LogP contribution in [0.2, 0.25) is 0 Å². The van der Waals surface area contributed by atoms with Gasteiger partial charge in [-0.25, -0.2) is 0 Å². The zero-order valence-electron chi connectivity index (χ0n) is 26.2. The van der Waals surface area contributed by atoms with Crippen LogP contribution in [0.15, 0.2) is 72.8 Å². The molecule has 43 heavy (non-hydrogen) atoms. The Kier molecular flexibility index (Phi) is 6.94. The number of amidine groups is 2. The Balaban J connectivity index is 1.56. The van der Waals surface area contributed by atoms with E-state index in [4.69, 9.17) is 4.74 Å². The first-order valence-corrected chi connectivity index (χ1v) is 14.3. The summed E-state index contributed by atoms with van der Waals surface area (Å²) in [6.45, 7) is 14.2. The Morgan fingerprint density at radius 1 is 0.581 bits per heavy atom. The minimum atomic E-state index is -0.916. The summed E-state index contributed by atoms with van der Waals surface area (Å²) >= 11 is 0. The molecule has 0 unspecified atom stereocenters. The highest BCUT2D eigenvalue weighted by Gasteiger charge is 2.61. The predicted molar refractivity (Wildman–Crippen MR) is 165 cm³/mol. The van der Waals surface area contributed by atoms with E-state index in [-0.39, 0.29) is 11.7 Å². The molecule has 0 bridgehead atoms. The van der Waals surface area contributed by atoms with Crippen LogP contribution < -0.4 is 9.64 Å². The van der Waals surface area contributed by atoms with Gasteiger partial charge in [0, 0.05) is 27.5 Å². The summed E-state index contributed by atoms with van der Waals surface area (Å²) in [6.07, 6.45) is 0. The average Bonchev–Trinajstić information content (AvgIpc) is 3.17. The maximum absolute atomic E-state index is 13.2. The smallest absolute Gasteiger partial charge is 0.316 e. The number of hydroxylamine groups is 6. The Bertz CT molecular complexity index is 1490. The SMILES string of the molecule is COc1ccc(N(c2ccc(C3=[N+]([O-])C(C)(C)C(C)(C)N3[O])cc2)c2ccc(C3=[N+]([O-])C(C)(C)C(C)(C)N3[O])cc2)cc1. The fourth-order valence-corrected chi connectivity index (χ4v) is 5.38. The molecule has 0 saturated carbocycles. The molecule has 0 atom stereocenters. The second-order valence-electron chi connectivity index (χ2n) is 13.2. The predicted octanol–water partition coefficient (Wildman–Crippen LogP) is 6.12. The molecule has 0 fully saturated rings. The van der Waals surface area contributed by atoms with Crippen LogP contribution in [0.3, 0.4) is 0 Å². The summed E-state index contributed by atoms with van der Waals surface area (Å²) in [7, 11) is 1.61. The van der Waals surface area contributed by atoms with E-state index in [0.29, 0.717) is 16.9 Å². The molecule has 3 aromatic rings. The Labute approximate surface area is 253 Å². The topological polar surface area (TPSA) is 111 Å². The highest BCUT2D eigenvalue weighted by atomic mass is 16.5. The maximum Gasteiger partial charge on any atom is 0.316 e. The molecule has 226 valence electrons. The van der Waals surface area contributed by atoms with Crippen molar-refractivity contribution in [3.63, 3.8) is 0 Å². The Hall–Kier alpha value is -4.28. The molecule has 5 rings (SSSR count). The zero-order valence-corrected chi connectivity index (χ0v) is 26.2. The molecule has 2 aliphatic rings. The van der Waals surface area contributed by atoms with Crippen molar-refractivity contribution in [1.82, 2.24) is 10.1 Å². The lowest BCUT2D eigenvalue weighted by Crippen LogP contribution is -2.53. The second-order valence-corrected chi connectivity index (χ2v) is 13.2. The number of hydrogen-bond acceptors (Lipinski definition) is 6. The van der Waals surface area contributed by atoms with Crippen molar-refractivity contribution in [1.29, 1.82) is 0 Å². The van der Waals surface area contributed by atoms with E-state index in [1.165, 1.54) is 0 Å². The molecule has 0 aromatic heterocycles. The van der Waals surface area contributed by atoms with Crippen molar-refractivity contribution in [2.45, 2.75) is 77.5 Å². The van der Waals surface area contributed by atoms with E-state index >= 15 is 0 Å². The van der Waals surface area contributed by atoms with Gasteiger partial charge in [0.2, 0.25) is 0 Å². The first-order valence-electron chi connectivity index (χ1n) is 14.3.